The molecular formula is C11H11F3O3. The first-order valence-electron chi connectivity index (χ1n) is 4.86. The number of phenolic OH excluding ortho intramolecular Hbond substituents is 1. The average Bonchev–Trinajstić information content (AvgIpc) is 2.19. The highest BCUT2D eigenvalue weighted by Gasteiger charge is 2.39. The smallest absolute Gasteiger partial charge is 0.417 e. The molecule has 0 unspecified atom stereocenters. The molecular weight excluding hydrogens is 237 g/mol. The van der Waals surface area contributed by atoms with E-state index in [4.69, 9.17) is 0 Å². The van der Waals surface area contributed by atoms with E-state index >= 15 is 0 Å². The Morgan fingerprint density at radius 3 is 2.47 bits per heavy atom. The van der Waals surface area contributed by atoms with E-state index in [9.17, 15) is 23.1 Å². The molecule has 0 aliphatic carbocycles. The first-order valence-corrected chi connectivity index (χ1v) is 4.86. The van der Waals surface area contributed by atoms with Gasteiger partial charge >= 0.3 is 12.1 Å². The third-order valence-corrected chi connectivity index (χ3v) is 2.15. The van der Waals surface area contributed by atoms with Gasteiger partial charge in [0.25, 0.3) is 0 Å². The molecule has 3 nitrogen and oxygen atoms in total. The largest absolute Gasteiger partial charge is 0.507 e. The van der Waals surface area contributed by atoms with Crippen LogP contribution in [-0.2, 0) is 10.9 Å². The van der Waals surface area contributed by atoms with Gasteiger partial charge in [-0.3, -0.25) is 0 Å². The molecule has 0 aromatic heterocycles. The molecule has 1 aromatic carbocycles. The van der Waals surface area contributed by atoms with E-state index in [1.54, 1.807) is 0 Å². The predicted molar refractivity (Wildman–Crippen MR) is 53.8 cm³/mol. The van der Waals surface area contributed by atoms with E-state index in [1.165, 1.54) is 13.8 Å². The maximum atomic E-state index is 12.8. The van der Waals surface area contributed by atoms with Gasteiger partial charge in [0.2, 0.25) is 0 Å². The minimum absolute atomic E-state index is 0.0660. The average molecular weight is 248 g/mol. The number of hydrogen-bond acceptors (Lipinski definition) is 3. The van der Waals surface area contributed by atoms with E-state index in [0.717, 1.165) is 12.1 Å². The quantitative estimate of drug-likeness (QED) is 0.818. The van der Waals surface area contributed by atoms with Gasteiger partial charge in [0, 0.05) is 0 Å². The van der Waals surface area contributed by atoms with Gasteiger partial charge in [-0.2, -0.15) is 13.2 Å². The van der Waals surface area contributed by atoms with Crippen LogP contribution in [0.5, 0.6) is 5.75 Å². The van der Waals surface area contributed by atoms with Gasteiger partial charge in [-0.25, -0.2) is 4.79 Å². The zero-order valence-corrected chi connectivity index (χ0v) is 9.26. The zero-order chi connectivity index (χ0) is 13.2. The first kappa shape index (κ1) is 13.3. The molecule has 0 saturated carbocycles. The summed E-state index contributed by atoms with van der Waals surface area (Å²) in [6, 6.07) is 2.14. The Morgan fingerprint density at radius 1 is 1.41 bits per heavy atom. The van der Waals surface area contributed by atoms with Crippen LogP contribution in [0.2, 0.25) is 0 Å². The Hall–Kier alpha value is -1.72. The summed E-state index contributed by atoms with van der Waals surface area (Å²) < 4.78 is 42.8. The van der Waals surface area contributed by atoms with Crippen molar-refractivity contribution >= 4 is 5.97 Å². The minimum atomic E-state index is -4.72. The molecule has 0 bridgehead atoms. The second-order valence-corrected chi connectivity index (χ2v) is 3.37. The second-order valence-electron chi connectivity index (χ2n) is 3.37. The molecule has 0 aliphatic heterocycles. The molecule has 17 heavy (non-hydrogen) atoms. The van der Waals surface area contributed by atoms with Crippen molar-refractivity contribution in [1.29, 1.82) is 0 Å². The lowest BCUT2D eigenvalue weighted by Crippen LogP contribution is -2.17. The third kappa shape index (κ3) is 2.69. The predicted octanol–water partition coefficient (Wildman–Crippen LogP) is 2.90. The molecule has 0 aliphatic rings. The van der Waals surface area contributed by atoms with Gasteiger partial charge < -0.3 is 9.84 Å². The van der Waals surface area contributed by atoms with E-state index in [0.29, 0.717) is 0 Å². The SMILES string of the molecule is CCOC(=O)c1c(O)ccc(C)c1C(F)(F)F. The zero-order valence-electron chi connectivity index (χ0n) is 9.26. The summed E-state index contributed by atoms with van der Waals surface area (Å²) in [5, 5.41) is 9.38. The van der Waals surface area contributed by atoms with E-state index in [-0.39, 0.29) is 12.2 Å². The number of benzene rings is 1. The van der Waals surface area contributed by atoms with Crippen LogP contribution >= 0.6 is 0 Å². The summed E-state index contributed by atoms with van der Waals surface area (Å²) in [6.45, 7) is 2.62. The fourth-order valence-electron chi connectivity index (χ4n) is 1.47. The fraction of sp³-hybridized carbons (Fsp3) is 0.364. The minimum Gasteiger partial charge on any atom is -0.507 e. The monoisotopic (exact) mass is 248 g/mol. The van der Waals surface area contributed by atoms with E-state index in [2.05, 4.69) is 4.74 Å². The summed E-state index contributed by atoms with van der Waals surface area (Å²) in [5.74, 6) is -1.91. The van der Waals surface area contributed by atoms with Crippen LogP contribution in [0.4, 0.5) is 13.2 Å². The highest BCUT2D eigenvalue weighted by atomic mass is 19.4. The number of halogens is 3. The summed E-state index contributed by atoms with van der Waals surface area (Å²) in [6.07, 6.45) is -4.72. The maximum absolute atomic E-state index is 12.8. The maximum Gasteiger partial charge on any atom is 0.417 e. The van der Waals surface area contributed by atoms with Crippen molar-refractivity contribution in [2.75, 3.05) is 6.61 Å². The van der Waals surface area contributed by atoms with Crippen LogP contribution in [0.15, 0.2) is 12.1 Å². The van der Waals surface area contributed by atoms with Crippen LogP contribution in [0, 0.1) is 6.92 Å². The lowest BCUT2D eigenvalue weighted by atomic mass is 10.0. The van der Waals surface area contributed by atoms with Crippen LogP contribution in [0.25, 0.3) is 0 Å². The molecule has 0 fully saturated rings. The number of carbonyl (C=O) groups is 1. The molecule has 0 heterocycles. The van der Waals surface area contributed by atoms with Crippen molar-refractivity contribution in [3.8, 4) is 5.75 Å². The lowest BCUT2D eigenvalue weighted by molar-refractivity contribution is -0.138. The summed E-state index contributed by atoms with van der Waals surface area (Å²) >= 11 is 0. The van der Waals surface area contributed by atoms with Gasteiger partial charge in [0.1, 0.15) is 11.3 Å². The van der Waals surface area contributed by atoms with Crippen LogP contribution in [0.3, 0.4) is 0 Å². The van der Waals surface area contributed by atoms with Gasteiger partial charge in [-0.15, -0.1) is 0 Å². The number of carbonyl (C=O) groups excluding carboxylic acids is 1. The molecule has 1 aromatic rings. The molecule has 1 N–H and O–H groups in total. The number of aryl methyl sites for hydroxylation is 1. The highest BCUT2D eigenvalue weighted by molar-refractivity contribution is 5.94. The number of hydrogen-bond donors (Lipinski definition) is 1. The summed E-state index contributed by atoms with van der Waals surface area (Å²) in [5.41, 5.74) is -2.13. The van der Waals surface area contributed by atoms with Gasteiger partial charge in [0.05, 0.1) is 12.2 Å². The van der Waals surface area contributed by atoms with Crippen LogP contribution in [-0.4, -0.2) is 17.7 Å². The van der Waals surface area contributed by atoms with Gasteiger partial charge in [0.15, 0.2) is 0 Å². The van der Waals surface area contributed by atoms with Crippen molar-refractivity contribution < 1.29 is 27.8 Å². The number of alkyl halides is 3. The molecule has 0 saturated heterocycles. The number of phenols is 1. The number of aromatic hydroxyl groups is 1. The first-order chi connectivity index (χ1) is 7.79. The standard InChI is InChI=1S/C11H11F3O3/c1-3-17-10(16)8-7(15)5-4-6(2)9(8)11(12,13)14/h4-5,15H,3H2,1-2H3. The van der Waals surface area contributed by atoms with Crippen molar-refractivity contribution in [1.82, 2.24) is 0 Å². The Bertz CT molecular complexity index is 438. The normalized spacial score (nSPS) is 11.4. The Kier molecular flexibility index (Phi) is 3.65. The van der Waals surface area contributed by atoms with Crippen molar-refractivity contribution in [3.63, 3.8) is 0 Å². The van der Waals surface area contributed by atoms with Crippen molar-refractivity contribution in [2.24, 2.45) is 0 Å². The van der Waals surface area contributed by atoms with Crippen LogP contribution < -0.4 is 0 Å². The fourth-order valence-corrected chi connectivity index (χ4v) is 1.47. The Labute approximate surface area is 95.8 Å². The Morgan fingerprint density at radius 2 is 2.00 bits per heavy atom. The molecule has 0 spiro atoms. The molecule has 1 rings (SSSR count). The van der Waals surface area contributed by atoms with Crippen molar-refractivity contribution in [3.05, 3.63) is 28.8 Å². The topological polar surface area (TPSA) is 46.5 Å². The Balaban J connectivity index is 3.46. The molecule has 94 valence electrons. The van der Waals surface area contributed by atoms with E-state index in [1.807, 2.05) is 0 Å². The van der Waals surface area contributed by atoms with Crippen molar-refractivity contribution in [2.45, 2.75) is 20.0 Å². The number of rotatable bonds is 2. The van der Waals surface area contributed by atoms with Crippen LogP contribution in [0.1, 0.15) is 28.4 Å². The number of esters is 1. The third-order valence-electron chi connectivity index (χ3n) is 2.15. The van der Waals surface area contributed by atoms with Gasteiger partial charge in [-0.05, 0) is 25.5 Å². The molecule has 0 atom stereocenters. The highest BCUT2D eigenvalue weighted by Crippen LogP contribution is 2.38. The number of ether oxygens (including phenoxy) is 1. The summed E-state index contributed by atoms with van der Waals surface area (Å²) in [7, 11) is 0. The molecule has 0 radical (unpaired) electrons. The lowest BCUT2D eigenvalue weighted by Gasteiger charge is -2.15. The van der Waals surface area contributed by atoms with E-state index < -0.39 is 29.0 Å². The molecule has 0 amide bonds. The molecule has 6 heteroatoms. The van der Waals surface area contributed by atoms with Gasteiger partial charge in [-0.1, -0.05) is 6.07 Å². The second kappa shape index (κ2) is 4.65. The summed E-state index contributed by atoms with van der Waals surface area (Å²) in [4.78, 5) is 11.4.